The van der Waals surface area contributed by atoms with Crippen molar-refractivity contribution in [3.05, 3.63) is 65.1 Å². The van der Waals surface area contributed by atoms with Crippen molar-refractivity contribution in [1.29, 1.82) is 0 Å². The van der Waals surface area contributed by atoms with Gasteiger partial charge in [-0.2, -0.15) is 0 Å². The van der Waals surface area contributed by atoms with Crippen molar-refractivity contribution < 1.29 is 4.39 Å². The zero-order chi connectivity index (χ0) is 16.8. The van der Waals surface area contributed by atoms with Crippen LogP contribution in [0.4, 0.5) is 4.39 Å². The first kappa shape index (κ1) is 15.4. The van der Waals surface area contributed by atoms with Gasteiger partial charge in [0.2, 0.25) is 0 Å². The second kappa shape index (κ2) is 5.75. The van der Waals surface area contributed by atoms with E-state index < -0.39 is 0 Å². The molecule has 2 heterocycles. The van der Waals surface area contributed by atoms with Gasteiger partial charge in [0.05, 0.1) is 11.6 Å². The predicted molar refractivity (Wildman–Crippen MR) is 97.3 cm³/mol. The van der Waals surface area contributed by atoms with E-state index in [0.717, 1.165) is 25.1 Å². The second-order valence-electron chi connectivity index (χ2n) is 6.85. The summed E-state index contributed by atoms with van der Waals surface area (Å²) in [4.78, 5) is 2.44. The number of hydrogen-bond donors (Lipinski definition) is 0. The Morgan fingerprint density at radius 1 is 1.12 bits per heavy atom. The molecule has 1 aliphatic rings. The summed E-state index contributed by atoms with van der Waals surface area (Å²) in [5.41, 5.74) is 6.39. The Hall–Kier alpha value is -2.13. The van der Waals surface area contributed by atoms with Crippen LogP contribution in [0.1, 0.15) is 36.2 Å². The minimum atomic E-state index is -0.191. The van der Waals surface area contributed by atoms with Gasteiger partial charge in [-0.1, -0.05) is 18.6 Å². The first-order chi connectivity index (χ1) is 11.6. The van der Waals surface area contributed by atoms with Gasteiger partial charge in [0, 0.05) is 23.3 Å². The largest absolute Gasteiger partial charge is 0.312 e. The quantitative estimate of drug-likeness (QED) is 0.643. The summed E-state index contributed by atoms with van der Waals surface area (Å²) in [6, 6.07) is 13.9. The minimum Gasteiger partial charge on any atom is -0.312 e. The summed E-state index contributed by atoms with van der Waals surface area (Å²) < 4.78 is 15.8. The number of nitrogens with zero attached hydrogens (tertiary/aromatic N) is 2. The monoisotopic (exact) mass is 322 g/mol. The maximum absolute atomic E-state index is 13.4. The Balaban J connectivity index is 2.07. The van der Waals surface area contributed by atoms with Gasteiger partial charge in [-0.25, -0.2) is 4.39 Å². The zero-order valence-electron chi connectivity index (χ0n) is 14.5. The van der Waals surface area contributed by atoms with Crippen molar-refractivity contribution in [2.75, 3.05) is 13.6 Å². The van der Waals surface area contributed by atoms with Crippen LogP contribution in [0.5, 0.6) is 0 Å². The molecule has 1 aromatic heterocycles. The molecule has 3 heteroatoms. The third-order valence-corrected chi connectivity index (χ3v) is 5.30. The fourth-order valence-electron chi connectivity index (χ4n) is 4.13. The van der Waals surface area contributed by atoms with E-state index in [1.165, 1.54) is 27.7 Å². The molecule has 2 nitrogen and oxygen atoms in total. The van der Waals surface area contributed by atoms with Crippen LogP contribution in [-0.2, 0) is 6.42 Å². The molecule has 0 bridgehead atoms. The molecule has 0 N–H and O–H groups in total. The summed E-state index contributed by atoms with van der Waals surface area (Å²) in [5, 5.41) is 1.35. The summed E-state index contributed by atoms with van der Waals surface area (Å²) in [6.45, 7) is 5.48. The van der Waals surface area contributed by atoms with Crippen LogP contribution in [-0.4, -0.2) is 23.1 Å². The molecular weight excluding hydrogens is 299 g/mol. The molecule has 0 saturated carbocycles. The molecule has 0 saturated heterocycles. The normalized spacial score (nSPS) is 18.1. The van der Waals surface area contributed by atoms with Crippen molar-refractivity contribution in [3.63, 3.8) is 0 Å². The van der Waals surface area contributed by atoms with E-state index >= 15 is 0 Å². The first-order valence-electron chi connectivity index (χ1n) is 8.70. The fourth-order valence-corrected chi connectivity index (χ4v) is 4.13. The molecule has 1 aliphatic heterocycles. The number of rotatable bonds is 2. The molecule has 124 valence electrons. The van der Waals surface area contributed by atoms with Crippen LogP contribution in [0.15, 0.2) is 42.5 Å². The molecule has 0 radical (unpaired) electrons. The number of halogens is 1. The molecule has 2 aromatic carbocycles. The molecule has 0 amide bonds. The Bertz CT molecular complexity index is 892. The number of benzene rings is 2. The average Bonchev–Trinajstić information content (AvgIpc) is 2.89. The standard InChI is InChI=1S/C21H23FN2/c1-4-19-21-17(11-12-23(19)3)18-13-14(2)5-10-20(18)24(21)16-8-6-15(22)7-9-16/h5-10,13,19H,4,11-12H2,1-3H3. The van der Waals surface area contributed by atoms with Gasteiger partial charge in [0.25, 0.3) is 0 Å². The van der Waals surface area contributed by atoms with Crippen LogP contribution in [0, 0.1) is 12.7 Å². The van der Waals surface area contributed by atoms with E-state index in [4.69, 9.17) is 0 Å². The summed E-state index contributed by atoms with van der Waals surface area (Å²) in [7, 11) is 2.20. The number of aryl methyl sites for hydroxylation is 1. The van der Waals surface area contributed by atoms with Gasteiger partial charge in [-0.05, 0) is 68.8 Å². The molecule has 1 atom stereocenters. The van der Waals surface area contributed by atoms with E-state index in [0.29, 0.717) is 6.04 Å². The van der Waals surface area contributed by atoms with Crippen molar-refractivity contribution in [2.45, 2.75) is 32.7 Å². The number of hydrogen-bond acceptors (Lipinski definition) is 1. The molecule has 24 heavy (non-hydrogen) atoms. The highest BCUT2D eigenvalue weighted by atomic mass is 19.1. The van der Waals surface area contributed by atoms with Gasteiger partial charge in [0.1, 0.15) is 5.82 Å². The third kappa shape index (κ3) is 2.27. The van der Waals surface area contributed by atoms with Gasteiger partial charge in [-0.3, -0.25) is 4.90 Å². The van der Waals surface area contributed by atoms with E-state index in [1.807, 2.05) is 12.1 Å². The minimum absolute atomic E-state index is 0.191. The van der Waals surface area contributed by atoms with Gasteiger partial charge in [0.15, 0.2) is 0 Å². The Morgan fingerprint density at radius 2 is 1.88 bits per heavy atom. The van der Waals surface area contributed by atoms with E-state index in [1.54, 1.807) is 12.1 Å². The molecule has 0 aliphatic carbocycles. The van der Waals surface area contributed by atoms with Crippen LogP contribution in [0.25, 0.3) is 16.6 Å². The van der Waals surface area contributed by atoms with Crippen LogP contribution < -0.4 is 0 Å². The number of aromatic nitrogens is 1. The predicted octanol–water partition coefficient (Wildman–Crippen LogP) is 5.02. The zero-order valence-corrected chi connectivity index (χ0v) is 14.5. The maximum atomic E-state index is 13.4. The average molecular weight is 322 g/mol. The van der Waals surface area contributed by atoms with Crippen molar-refractivity contribution in [1.82, 2.24) is 9.47 Å². The van der Waals surface area contributed by atoms with Gasteiger partial charge < -0.3 is 4.57 Å². The Kier molecular flexibility index (Phi) is 3.69. The summed E-state index contributed by atoms with van der Waals surface area (Å²) in [5.74, 6) is -0.191. The second-order valence-corrected chi connectivity index (χ2v) is 6.85. The fraction of sp³-hybridized carbons (Fsp3) is 0.333. The SMILES string of the molecule is CCC1c2c(c3cc(C)ccc3n2-c2ccc(F)cc2)CCN1C. The lowest BCUT2D eigenvalue weighted by Crippen LogP contribution is -2.32. The molecule has 4 rings (SSSR count). The smallest absolute Gasteiger partial charge is 0.123 e. The van der Waals surface area contributed by atoms with Crippen LogP contribution in [0.3, 0.4) is 0 Å². The first-order valence-corrected chi connectivity index (χ1v) is 8.70. The molecule has 3 aromatic rings. The van der Waals surface area contributed by atoms with E-state index in [2.05, 4.69) is 48.6 Å². The van der Waals surface area contributed by atoms with Gasteiger partial charge in [-0.15, -0.1) is 0 Å². The highest BCUT2D eigenvalue weighted by Gasteiger charge is 2.30. The van der Waals surface area contributed by atoms with E-state index in [-0.39, 0.29) is 5.82 Å². The molecular formula is C21H23FN2. The summed E-state index contributed by atoms with van der Waals surface area (Å²) >= 11 is 0. The number of likely N-dealkylation sites (N-methyl/N-ethyl adjacent to an activating group) is 1. The Morgan fingerprint density at radius 3 is 2.58 bits per heavy atom. The van der Waals surface area contributed by atoms with E-state index in [9.17, 15) is 4.39 Å². The lowest BCUT2D eigenvalue weighted by molar-refractivity contribution is 0.219. The van der Waals surface area contributed by atoms with Crippen LogP contribution in [0.2, 0.25) is 0 Å². The van der Waals surface area contributed by atoms with Crippen molar-refractivity contribution >= 4 is 10.9 Å². The lowest BCUT2D eigenvalue weighted by atomic mass is 9.95. The van der Waals surface area contributed by atoms with Crippen LogP contribution >= 0.6 is 0 Å². The Labute approximate surface area is 142 Å². The molecule has 1 unspecified atom stereocenters. The number of fused-ring (bicyclic) bond motifs is 3. The van der Waals surface area contributed by atoms with Crippen molar-refractivity contribution in [2.24, 2.45) is 0 Å². The molecule has 0 fully saturated rings. The summed E-state index contributed by atoms with van der Waals surface area (Å²) in [6.07, 6.45) is 2.14. The lowest BCUT2D eigenvalue weighted by Gasteiger charge is -2.33. The molecule has 0 spiro atoms. The highest BCUT2D eigenvalue weighted by molar-refractivity contribution is 5.88. The van der Waals surface area contributed by atoms with Gasteiger partial charge >= 0.3 is 0 Å². The third-order valence-electron chi connectivity index (χ3n) is 5.30. The van der Waals surface area contributed by atoms with Crippen molar-refractivity contribution in [3.8, 4) is 5.69 Å². The highest BCUT2D eigenvalue weighted by Crippen LogP contribution is 2.40. The maximum Gasteiger partial charge on any atom is 0.123 e. The topological polar surface area (TPSA) is 8.17 Å².